The van der Waals surface area contributed by atoms with Crippen molar-refractivity contribution in [1.82, 2.24) is 5.32 Å². The maximum Gasteiger partial charge on any atom is 0.262 e. The molecule has 0 bridgehead atoms. The van der Waals surface area contributed by atoms with Crippen molar-refractivity contribution in [2.75, 3.05) is 25.5 Å². The van der Waals surface area contributed by atoms with Gasteiger partial charge < -0.3 is 20.5 Å². The van der Waals surface area contributed by atoms with Crippen LogP contribution in [0.15, 0.2) is 30.3 Å². The molecule has 160 valence electrons. The zero-order valence-electron chi connectivity index (χ0n) is 17.0. The number of quaternary nitrogens is 1. The highest BCUT2D eigenvalue weighted by molar-refractivity contribution is 7.18. The topological polar surface area (TPSA) is 81.3 Å². The quantitative estimate of drug-likeness (QED) is 0.546. The normalized spacial score (nSPS) is 22.8. The Morgan fingerprint density at radius 1 is 1.10 bits per heavy atom. The van der Waals surface area contributed by atoms with Crippen LogP contribution in [0.3, 0.4) is 0 Å². The minimum absolute atomic E-state index is 0.186. The van der Waals surface area contributed by atoms with Crippen LogP contribution in [0.1, 0.15) is 46.5 Å². The second-order valence-electron chi connectivity index (χ2n) is 8.53. The van der Waals surface area contributed by atoms with Gasteiger partial charge in [-0.05, 0) is 48.2 Å². The van der Waals surface area contributed by atoms with Gasteiger partial charge >= 0.3 is 0 Å². The van der Waals surface area contributed by atoms with E-state index in [4.69, 9.17) is 11.6 Å². The van der Waals surface area contributed by atoms with E-state index in [0.717, 1.165) is 24.8 Å². The van der Waals surface area contributed by atoms with Crippen molar-refractivity contribution in [2.45, 2.75) is 44.1 Å². The van der Waals surface area contributed by atoms with Crippen molar-refractivity contribution in [3.05, 3.63) is 55.9 Å². The molecule has 0 spiro atoms. The molecule has 0 saturated heterocycles. The third kappa shape index (κ3) is 4.54. The summed E-state index contributed by atoms with van der Waals surface area (Å²) in [6.45, 7) is 1.11. The molecule has 1 aromatic carbocycles. The second kappa shape index (κ2) is 8.30. The summed E-state index contributed by atoms with van der Waals surface area (Å²) in [4.78, 5) is 26.4. The molecule has 2 amide bonds. The molecule has 2 heterocycles. The number of anilines is 1. The molecular formula is C22H26ClN3O3S. The summed E-state index contributed by atoms with van der Waals surface area (Å²) < 4.78 is 0.306. The number of thiophene rings is 1. The highest BCUT2D eigenvalue weighted by Gasteiger charge is 2.42. The van der Waals surface area contributed by atoms with Crippen LogP contribution in [-0.4, -0.2) is 42.1 Å². The predicted molar refractivity (Wildman–Crippen MR) is 120 cm³/mol. The number of carbonyl (C=O) groups excluding carboxylic acids is 2. The molecule has 1 unspecified atom stereocenters. The fourth-order valence-corrected chi connectivity index (χ4v) is 5.30. The van der Waals surface area contributed by atoms with Gasteiger partial charge in [0.25, 0.3) is 5.91 Å². The predicted octanol–water partition coefficient (Wildman–Crippen LogP) is 4.13. The lowest BCUT2D eigenvalue weighted by Crippen LogP contribution is -2.54. The van der Waals surface area contributed by atoms with Crippen molar-refractivity contribution in [3.63, 3.8) is 0 Å². The molecule has 2 aromatic rings. The molecule has 1 fully saturated rings. The summed E-state index contributed by atoms with van der Waals surface area (Å²) in [6.07, 6.45) is 4.44. The third-order valence-electron chi connectivity index (χ3n) is 6.21. The van der Waals surface area contributed by atoms with Gasteiger partial charge in [0.2, 0.25) is 5.91 Å². The summed E-state index contributed by atoms with van der Waals surface area (Å²) >= 11 is 7.16. The van der Waals surface area contributed by atoms with Crippen molar-refractivity contribution in [1.29, 1.82) is 0 Å². The first kappa shape index (κ1) is 21.3. The molecule has 1 aliphatic heterocycles. The first-order valence-corrected chi connectivity index (χ1v) is 11.5. The van der Waals surface area contributed by atoms with E-state index in [-0.39, 0.29) is 16.5 Å². The number of carbonyl (C=O) groups is 2. The lowest BCUT2D eigenvalue weighted by molar-refractivity contribution is -0.859. The number of likely N-dealkylation sites (N-methyl/N-ethyl adjacent to an activating group) is 1. The van der Waals surface area contributed by atoms with Crippen LogP contribution in [0.2, 0.25) is 4.34 Å². The minimum atomic E-state index is -0.912. The number of hydrogen-bond donors (Lipinski definition) is 2. The number of hydrogen-bond acceptors (Lipinski definition) is 4. The Hall–Kier alpha value is -1.93. The van der Waals surface area contributed by atoms with Crippen LogP contribution >= 0.6 is 22.9 Å². The van der Waals surface area contributed by atoms with Crippen LogP contribution in [-0.2, 0) is 17.6 Å². The first-order chi connectivity index (χ1) is 14.3. The Morgan fingerprint density at radius 3 is 2.47 bits per heavy atom. The molecule has 2 N–H and O–H groups in total. The number of nitrogens with one attached hydrogen (secondary N) is 2. The lowest BCUT2D eigenvalue weighted by atomic mass is 9.95. The second-order valence-corrected chi connectivity index (χ2v) is 10.2. The Morgan fingerprint density at radius 2 is 1.80 bits per heavy atom. The van der Waals surface area contributed by atoms with Crippen LogP contribution in [0.4, 0.5) is 5.69 Å². The average molecular weight is 448 g/mol. The maximum atomic E-state index is 13.2. The van der Waals surface area contributed by atoms with E-state index in [0.29, 0.717) is 47.3 Å². The van der Waals surface area contributed by atoms with Gasteiger partial charge in [0, 0.05) is 18.5 Å². The molecule has 1 atom stereocenters. The van der Waals surface area contributed by atoms with Crippen LogP contribution in [0.5, 0.6) is 0 Å². The molecule has 1 aliphatic carbocycles. The third-order valence-corrected chi connectivity index (χ3v) is 7.44. The summed E-state index contributed by atoms with van der Waals surface area (Å²) in [5, 5.41) is 18.3. The van der Waals surface area contributed by atoms with E-state index in [2.05, 4.69) is 10.6 Å². The van der Waals surface area contributed by atoms with E-state index < -0.39 is 5.54 Å². The van der Waals surface area contributed by atoms with Gasteiger partial charge in [-0.3, -0.25) is 9.59 Å². The average Bonchev–Trinajstić information content (AvgIpc) is 3.32. The zero-order valence-corrected chi connectivity index (χ0v) is 18.6. The number of hydroxylamine groups is 3. The highest BCUT2D eigenvalue weighted by atomic mass is 35.5. The van der Waals surface area contributed by atoms with E-state index in [1.807, 2.05) is 18.2 Å². The summed E-state index contributed by atoms with van der Waals surface area (Å²) in [5.74, 6) is -0.451. The van der Waals surface area contributed by atoms with Crippen LogP contribution in [0.25, 0.3) is 0 Å². The Labute approximate surface area is 185 Å². The fourth-order valence-electron chi connectivity index (χ4n) is 4.36. The van der Waals surface area contributed by atoms with E-state index in [9.17, 15) is 14.8 Å². The first-order valence-electron chi connectivity index (χ1n) is 10.3. The standard InChI is InChI=1S/C22H26ClN3O3S/c1-26(29)12-8-15-4-5-17(14-16(15)9-13-26)24-21(28)22(10-2-3-11-22)25-20(27)18-6-7-19(23)30-18/h4-7,14H,2-3,8-13H2,1H3,(H,24,28)(H,25,27). The van der Waals surface area contributed by atoms with Gasteiger partial charge in [0.1, 0.15) is 5.54 Å². The number of rotatable bonds is 4. The number of benzene rings is 1. The SMILES string of the molecule is C[N+]1([O-])CCc2ccc(NC(=O)C3(NC(=O)c4ccc(Cl)s4)CCCC3)cc2CC1. The number of fused-ring (bicyclic) bond motifs is 1. The van der Waals surface area contributed by atoms with Gasteiger partial charge in [-0.15, -0.1) is 11.3 Å². The van der Waals surface area contributed by atoms with Crippen molar-refractivity contribution >= 4 is 40.4 Å². The van der Waals surface area contributed by atoms with Crippen molar-refractivity contribution in [2.24, 2.45) is 0 Å². The summed E-state index contributed by atoms with van der Waals surface area (Å²) in [5.41, 5.74) is 2.08. The Bertz CT molecular complexity index is 966. The van der Waals surface area contributed by atoms with E-state index >= 15 is 0 Å². The molecule has 1 saturated carbocycles. The number of nitrogens with zero attached hydrogens (tertiary/aromatic N) is 1. The molecule has 8 heteroatoms. The van der Waals surface area contributed by atoms with E-state index in [1.54, 1.807) is 19.2 Å². The maximum absolute atomic E-state index is 13.2. The summed E-state index contributed by atoms with van der Waals surface area (Å²) in [7, 11) is 1.71. The zero-order chi connectivity index (χ0) is 21.4. The minimum Gasteiger partial charge on any atom is -0.633 e. The molecule has 6 nitrogen and oxygen atoms in total. The molecule has 4 rings (SSSR count). The molecular weight excluding hydrogens is 422 g/mol. The van der Waals surface area contributed by atoms with Crippen molar-refractivity contribution < 1.29 is 14.2 Å². The van der Waals surface area contributed by atoms with Gasteiger partial charge in [-0.1, -0.05) is 30.5 Å². The Balaban J connectivity index is 1.50. The molecule has 1 aromatic heterocycles. The molecule has 30 heavy (non-hydrogen) atoms. The fraction of sp³-hybridized carbons (Fsp3) is 0.455. The highest BCUT2D eigenvalue weighted by Crippen LogP contribution is 2.33. The Kier molecular flexibility index (Phi) is 5.90. The smallest absolute Gasteiger partial charge is 0.262 e. The molecule has 2 aliphatic rings. The summed E-state index contributed by atoms with van der Waals surface area (Å²) in [6, 6.07) is 9.23. The monoisotopic (exact) mass is 447 g/mol. The van der Waals surface area contributed by atoms with Crippen molar-refractivity contribution in [3.8, 4) is 0 Å². The van der Waals surface area contributed by atoms with Crippen LogP contribution < -0.4 is 10.6 Å². The number of halogens is 1. The van der Waals surface area contributed by atoms with E-state index in [1.165, 1.54) is 16.9 Å². The lowest BCUT2D eigenvalue weighted by Gasteiger charge is -2.37. The van der Waals surface area contributed by atoms with Gasteiger partial charge in [0.05, 0.1) is 29.4 Å². The molecule has 0 radical (unpaired) electrons. The van der Waals surface area contributed by atoms with Gasteiger partial charge in [-0.25, -0.2) is 0 Å². The van der Waals surface area contributed by atoms with Gasteiger partial charge in [-0.2, -0.15) is 0 Å². The van der Waals surface area contributed by atoms with Crippen LogP contribution in [0, 0.1) is 5.21 Å². The number of amides is 2. The largest absolute Gasteiger partial charge is 0.633 e. The van der Waals surface area contributed by atoms with Gasteiger partial charge in [0.15, 0.2) is 0 Å².